The lowest BCUT2D eigenvalue weighted by Gasteiger charge is -2.32. The molecule has 158 valence electrons. The fraction of sp³-hybridized carbons (Fsp3) is 0.320. The van der Waals surface area contributed by atoms with Crippen LogP contribution in [0, 0.1) is 0 Å². The van der Waals surface area contributed by atoms with E-state index in [1.807, 2.05) is 13.8 Å². The number of carbonyl (C=O) groups excluding carboxylic acids is 1. The average molecular weight is 423 g/mol. The van der Waals surface area contributed by atoms with Crippen LogP contribution in [0.4, 0.5) is 0 Å². The van der Waals surface area contributed by atoms with E-state index in [0.717, 1.165) is 5.19 Å². The molecule has 5 heteroatoms. The minimum absolute atomic E-state index is 0.326. The number of hydrogen-bond acceptors (Lipinski definition) is 4. The van der Waals surface area contributed by atoms with Gasteiger partial charge in [-0.15, -0.1) is 0 Å². The van der Waals surface area contributed by atoms with Crippen molar-refractivity contribution in [3.63, 3.8) is 0 Å². The summed E-state index contributed by atoms with van der Waals surface area (Å²) in [6.45, 7) is 10.8. The van der Waals surface area contributed by atoms with Gasteiger partial charge in [0, 0.05) is 24.0 Å². The molecule has 0 spiro atoms. The molecule has 4 nitrogen and oxygen atoms in total. The summed E-state index contributed by atoms with van der Waals surface area (Å²) in [5, 5.41) is 5.92. The number of hydrogen-bond donors (Lipinski definition) is 0. The van der Waals surface area contributed by atoms with Crippen LogP contribution in [0.2, 0.25) is 6.04 Å². The highest BCUT2D eigenvalue weighted by Crippen LogP contribution is 2.28. The minimum atomic E-state index is -2.77. The maximum Gasteiger partial charge on any atom is 0.373 e. The Morgan fingerprint density at radius 3 is 2.17 bits per heavy atom. The van der Waals surface area contributed by atoms with E-state index in [9.17, 15) is 4.79 Å². The Balaban J connectivity index is 2.05. The molecule has 0 aliphatic heterocycles. The van der Waals surface area contributed by atoms with Gasteiger partial charge in [0.2, 0.25) is 0 Å². The topological polar surface area (TPSA) is 44.8 Å². The summed E-state index contributed by atoms with van der Waals surface area (Å²) in [6, 6.07) is 19.8. The highest BCUT2D eigenvalue weighted by atomic mass is 28.4. The van der Waals surface area contributed by atoms with Crippen molar-refractivity contribution in [2.45, 2.75) is 33.2 Å². The van der Waals surface area contributed by atoms with Crippen LogP contribution in [0.5, 0.6) is 0 Å². The maximum atomic E-state index is 11.7. The molecule has 3 aromatic carbocycles. The molecule has 0 unspecified atom stereocenters. The van der Waals surface area contributed by atoms with Gasteiger partial charge in [-0.1, -0.05) is 55.1 Å². The van der Waals surface area contributed by atoms with E-state index in [-0.39, 0.29) is 5.97 Å². The third-order valence-corrected chi connectivity index (χ3v) is 8.92. The fourth-order valence-electron chi connectivity index (χ4n) is 3.90. The molecule has 0 fully saturated rings. The van der Waals surface area contributed by atoms with E-state index >= 15 is 0 Å². The number of carbonyl (C=O) groups is 1. The SMILES string of the molecule is C=C(C)C(=O)OCCC[Si](OCC)(OCC)c1cc2ccccc2c2ccccc12. The van der Waals surface area contributed by atoms with Crippen LogP contribution in [0.25, 0.3) is 21.5 Å². The standard InChI is InChI=1S/C25H30O4Si/c1-5-28-30(29-6-2,17-11-16-27-25(26)19(3)4)24-18-20-12-7-8-13-21(20)22-14-9-10-15-23(22)24/h7-10,12-15,18H,3,5-6,11,16-17H2,1-2,4H3. The fourth-order valence-corrected chi connectivity index (χ4v) is 7.40. The summed E-state index contributed by atoms with van der Waals surface area (Å²) >= 11 is 0. The molecule has 0 saturated carbocycles. The quantitative estimate of drug-likeness (QED) is 0.148. The summed E-state index contributed by atoms with van der Waals surface area (Å²) in [5.74, 6) is -0.355. The monoisotopic (exact) mass is 422 g/mol. The van der Waals surface area contributed by atoms with Crippen molar-refractivity contribution in [1.82, 2.24) is 0 Å². The van der Waals surface area contributed by atoms with E-state index in [1.54, 1.807) is 6.92 Å². The highest BCUT2D eigenvalue weighted by Gasteiger charge is 2.41. The zero-order valence-electron chi connectivity index (χ0n) is 18.1. The van der Waals surface area contributed by atoms with Crippen LogP contribution in [-0.4, -0.2) is 34.4 Å². The zero-order chi connectivity index (χ0) is 21.6. The third kappa shape index (κ3) is 4.64. The van der Waals surface area contributed by atoms with Gasteiger partial charge in [-0.2, -0.15) is 0 Å². The molecule has 0 heterocycles. The van der Waals surface area contributed by atoms with Crippen LogP contribution in [-0.2, 0) is 18.4 Å². The van der Waals surface area contributed by atoms with E-state index in [0.29, 0.717) is 37.9 Å². The van der Waals surface area contributed by atoms with E-state index in [4.69, 9.17) is 13.6 Å². The van der Waals surface area contributed by atoms with Gasteiger partial charge >= 0.3 is 14.5 Å². The highest BCUT2D eigenvalue weighted by molar-refractivity contribution is 6.83. The molecule has 0 radical (unpaired) electrons. The maximum absolute atomic E-state index is 11.7. The number of rotatable bonds is 10. The van der Waals surface area contributed by atoms with Gasteiger partial charge in [0.05, 0.1) is 6.61 Å². The number of ether oxygens (including phenoxy) is 1. The molecular formula is C25H30O4Si. The first kappa shape index (κ1) is 22.2. The van der Waals surface area contributed by atoms with Gasteiger partial charge in [-0.25, -0.2) is 4.79 Å². The summed E-state index contributed by atoms with van der Waals surface area (Å²) < 4.78 is 18.2. The van der Waals surface area contributed by atoms with Gasteiger partial charge in [-0.3, -0.25) is 0 Å². The lowest BCUT2D eigenvalue weighted by atomic mass is 10.0. The number of benzene rings is 3. The Morgan fingerprint density at radius 2 is 1.53 bits per heavy atom. The molecule has 0 amide bonds. The summed E-state index contributed by atoms with van der Waals surface area (Å²) in [5.41, 5.74) is 0.411. The minimum Gasteiger partial charge on any atom is -0.462 e. The van der Waals surface area contributed by atoms with Crippen molar-refractivity contribution in [3.05, 3.63) is 66.7 Å². The van der Waals surface area contributed by atoms with Crippen molar-refractivity contribution >= 4 is 41.3 Å². The predicted molar refractivity (Wildman–Crippen MR) is 125 cm³/mol. The summed E-state index contributed by atoms with van der Waals surface area (Å²) in [4.78, 5) is 11.7. The second-order valence-electron chi connectivity index (χ2n) is 7.33. The molecule has 30 heavy (non-hydrogen) atoms. The predicted octanol–water partition coefficient (Wildman–Crippen LogP) is 5.22. The molecule has 3 rings (SSSR count). The molecule has 0 aliphatic rings. The lowest BCUT2D eigenvalue weighted by Crippen LogP contribution is -2.54. The molecule has 0 N–H and O–H groups in total. The Hall–Kier alpha value is -2.47. The van der Waals surface area contributed by atoms with Gasteiger partial charge in [0.15, 0.2) is 0 Å². The van der Waals surface area contributed by atoms with Gasteiger partial charge in [-0.05, 0) is 60.8 Å². The van der Waals surface area contributed by atoms with Gasteiger partial charge in [0.1, 0.15) is 0 Å². The Kier molecular flexibility index (Phi) is 7.42. The normalized spacial score (nSPS) is 11.7. The third-order valence-electron chi connectivity index (χ3n) is 5.17. The van der Waals surface area contributed by atoms with Crippen molar-refractivity contribution in [2.75, 3.05) is 19.8 Å². The van der Waals surface area contributed by atoms with Crippen molar-refractivity contribution in [1.29, 1.82) is 0 Å². The Labute approximate surface area is 179 Å². The zero-order valence-corrected chi connectivity index (χ0v) is 19.1. The first-order valence-electron chi connectivity index (χ1n) is 10.5. The van der Waals surface area contributed by atoms with E-state index in [1.165, 1.54) is 21.5 Å². The first-order valence-corrected chi connectivity index (χ1v) is 12.6. The molecule has 0 saturated heterocycles. The second kappa shape index (κ2) is 10.0. The molecule has 0 aliphatic carbocycles. The van der Waals surface area contributed by atoms with Crippen molar-refractivity contribution in [3.8, 4) is 0 Å². The molecule has 0 aromatic heterocycles. The smallest absolute Gasteiger partial charge is 0.373 e. The van der Waals surface area contributed by atoms with Crippen molar-refractivity contribution in [2.24, 2.45) is 0 Å². The van der Waals surface area contributed by atoms with Crippen LogP contribution in [0.1, 0.15) is 27.2 Å². The van der Waals surface area contributed by atoms with Crippen molar-refractivity contribution < 1.29 is 18.4 Å². The number of fused-ring (bicyclic) bond motifs is 3. The summed E-state index contributed by atoms with van der Waals surface area (Å²) in [6.07, 6.45) is 0.673. The van der Waals surface area contributed by atoms with E-state index in [2.05, 4.69) is 61.2 Å². The van der Waals surface area contributed by atoms with Crippen LogP contribution >= 0.6 is 0 Å². The summed E-state index contributed by atoms with van der Waals surface area (Å²) in [7, 11) is -2.77. The van der Waals surface area contributed by atoms with Crippen LogP contribution in [0.15, 0.2) is 66.7 Å². The molecule has 0 atom stereocenters. The second-order valence-corrected chi connectivity index (χ2v) is 10.5. The Bertz CT molecular complexity index is 1040. The molecule has 3 aromatic rings. The van der Waals surface area contributed by atoms with Gasteiger partial charge < -0.3 is 13.6 Å². The average Bonchev–Trinajstić information content (AvgIpc) is 2.76. The molecule has 0 bridgehead atoms. The largest absolute Gasteiger partial charge is 0.462 e. The van der Waals surface area contributed by atoms with Crippen LogP contribution < -0.4 is 5.19 Å². The van der Waals surface area contributed by atoms with Crippen LogP contribution in [0.3, 0.4) is 0 Å². The Morgan fingerprint density at radius 1 is 0.933 bits per heavy atom. The lowest BCUT2D eigenvalue weighted by molar-refractivity contribution is -0.138. The van der Waals surface area contributed by atoms with Gasteiger partial charge in [0.25, 0.3) is 0 Å². The van der Waals surface area contributed by atoms with E-state index < -0.39 is 8.56 Å². The number of esters is 1. The molecular weight excluding hydrogens is 392 g/mol. The first-order chi connectivity index (χ1) is 14.5.